The van der Waals surface area contributed by atoms with Crippen molar-refractivity contribution in [3.8, 4) is 0 Å². The first-order valence-corrected chi connectivity index (χ1v) is 7.70. The standard InChI is InChI=1S/C15H24N2OS/c1-4-5-11(2)17-15(18)12(3)19-14-8-6-13(10-16)7-9-14/h6-9,11-12H,4-5,10,16H2,1-3H3,(H,17,18). The van der Waals surface area contributed by atoms with E-state index < -0.39 is 0 Å². The van der Waals surface area contributed by atoms with Crippen LogP contribution in [0.2, 0.25) is 0 Å². The van der Waals surface area contributed by atoms with Crippen molar-refractivity contribution in [3.05, 3.63) is 29.8 Å². The van der Waals surface area contributed by atoms with Crippen molar-refractivity contribution < 1.29 is 4.79 Å². The summed E-state index contributed by atoms with van der Waals surface area (Å²) < 4.78 is 0. The first kappa shape index (κ1) is 16.1. The Morgan fingerprint density at radius 1 is 1.32 bits per heavy atom. The molecule has 1 aromatic carbocycles. The van der Waals surface area contributed by atoms with Crippen molar-refractivity contribution in [1.82, 2.24) is 5.32 Å². The summed E-state index contributed by atoms with van der Waals surface area (Å²) in [7, 11) is 0. The summed E-state index contributed by atoms with van der Waals surface area (Å²) in [5, 5.41) is 2.96. The molecule has 0 aliphatic heterocycles. The second-order valence-electron chi connectivity index (χ2n) is 4.81. The Morgan fingerprint density at radius 2 is 1.95 bits per heavy atom. The fraction of sp³-hybridized carbons (Fsp3) is 0.533. The molecule has 0 radical (unpaired) electrons. The highest BCUT2D eigenvalue weighted by atomic mass is 32.2. The van der Waals surface area contributed by atoms with Gasteiger partial charge in [0, 0.05) is 17.5 Å². The second-order valence-corrected chi connectivity index (χ2v) is 6.22. The van der Waals surface area contributed by atoms with Crippen LogP contribution in [0.4, 0.5) is 0 Å². The summed E-state index contributed by atoms with van der Waals surface area (Å²) in [5.41, 5.74) is 6.67. The van der Waals surface area contributed by atoms with E-state index in [1.165, 1.54) is 0 Å². The number of amides is 1. The van der Waals surface area contributed by atoms with Gasteiger partial charge in [0.25, 0.3) is 0 Å². The first-order valence-electron chi connectivity index (χ1n) is 6.82. The monoisotopic (exact) mass is 280 g/mol. The number of rotatable bonds is 7. The molecular formula is C15H24N2OS. The van der Waals surface area contributed by atoms with Crippen molar-refractivity contribution in [2.24, 2.45) is 5.73 Å². The van der Waals surface area contributed by atoms with Gasteiger partial charge in [-0.1, -0.05) is 25.5 Å². The molecule has 3 N–H and O–H groups in total. The van der Waals surface area contributed by atoms with Crippen LogP contribution in [0, 0.1) is 0 Å². The van der Waals surface area contributed by atoms with Crippen LogP contribution >= 0.6 is 11.8 Å². The quantitative estimate of drug-likeness (QED) is 0.755. The third-order valence-corrected chi connectivity index (χ3v) is 4.06. The zero-order valence-corrected chi connectivity index (χ0v) is 12.8. The van der Waals surface area contributed by atoms with Gasteiger partial charge in [-0.25, -0.2) is 0 Å². The lowest BCUT2D eigenvalue weighted by molar-refractivity contribution is -0.120. The van der Waals surface area contributed by atoms with Crippen molar-refractivity contribution in [3.63, 3.8) is 0 Å². The van der Waals surface area contributed by atoms with E-state index in [1.807, 2.05) is 31.2 Å². The van der Waals surface area contributed by atoms with Crippen molar-refractivity contribution in [1.29, 1.82) is 0 Å². The van der Waals surface area contributed by atoms with Gasteiger partial charge in [-0.2, -0.15) is 0 Å². The fourth-order valence-electron chi connectivity index (χ4n) is 1.83. The lowest BCUT2D eigenvalue weighted by Gasteiger charge is -2.16. The number of carbonyl (C=O) groups excluding carboxylic acids is 1. The van der Waals surface area contributed by atoms with Gasteiger partial charge in [0.2, 0.25) is 5.91 Å². The second kappa shape index (κ2) is 8.23. The van der Waals surface area contributed by atoms with Crippen LogP contribution in [-0.2, 0) is 11.3 Å². The van der Waals surface area contributed by atoms with Gasteiger partial charge in [-0.3, -0.25) is 4.79 Å². The zero-order valence-electron chi connectivity index (χ0n) is 12.0. The summed E-state index contributed by atoms with van der Waals surface area (Å²) in [6, 6.07) is 8.30. The lowest BCUT2D eigenvalue weighted by Crippen LogP contribution is -2.37. The summed E-state index contributed by atoms with van der Waals surface area (Å²) in [6.07, 6.45) is 2.11. The third-order valence-electron chi connectivity index (χ3n) is 2.95. The van der Waals surface area contributed by atoms with E-state index in [-0.39, 0.29) is 17.2 Å². The van der Waals surface area contributed by atoms with Crippen LogP contribution < -0.4 is 11.1 Å². The summed E-state index contributed by atoms with van der Waals surface area (Å²) in [6.45, 7) is 6.67. The third kappa shape index (κ3) is 5.66. The van der Waals surface area contributed by atoms with E-state index in [4.69, 9.17) is 5.73 Å². The van der Waals surface area contributed by atoms with Crippen LogP contribution in [0.3, 0.4) is 0 Å². The van der Waals surface area contributed by atoms with Gasteiger partial charge in [0.15, 0.2) is 0 Å². The maximum atomic E-state index is 12.0. The molecule has 3 nitrogen and oxygen atoms in total. The molecule has 0 saturated carbocycles. The van der Waals surface area contributed by atoms with E-state index in [1.54, 1.807) is 11.8 Å². The van der Waals surface area contributed by atoms with Gasteiger partial charge >= 0.3 is 0 Å². The number of carbonyl (C=O) groups is 1. The highest BCUT2D eigenvalue weighted by molar-refractivity contribution is 8.00. The minimum absolute atomic E-state index is 0.0805. The molecule has 1 aromatic rings. The molecule has 0 aliphatic rings. The Bertz CT molecular complexity index is 392. The number of nitrogens with two attached hydrogens (primary N) is 1. The maximum absolute atomic E-state index is 12.0. The molecule has 1 amide bonds. The van der Waals surface area contributed by atoms with Crippen molar-refractivity contribution >= 4 is 17.7 Å². The van der Waals surface area contributed by atoms with E-state index in [0.717, 1.165) is 23.3 Å². The van der Waals surface area contributed by atoms with Crippen LogP contribution in [0.5, 0.6) is 0 Å². The molecule has 0 aliphatic carbocycles. The van der Waals surface area contributed by atoms with Crippen LogP contribution in [-0.4, -0.2) is 17.2 Å². The number of hydrogen-bond acceptors (Lipinski definition) is 3. The van der Waals surface area contributed by atoms with Gasteiger partial charge in [0.1, 0.15) is 0 Å². The Labute approximate surface area is 120 Å². The normalized spacial score (nSPS) is 13.9. The van der Waals surface area contributed by atoms with Crippen LogP contribution in [0.15, 0.2) is 29.2 Å². The first-order chi connectivity index (χ1) is 9.06. The molecule has 0 spiro atoms. The van der Waals surface area contributed by atoms with Crippen LogP contribution in [0.1, 0.15) is 39.2 Å². The number of thioether (sulfide) groups is 1. The highest BCUT2D eigenvalue weighted by Crippen LogP contribution is 2.23. The van der Waals surface area contributed by atoms with E-state index >= 15 is 0 Å². The molecule has 0 saturated heterocycles. The molecule has 106 valence electrons. The Balaban J connectivity index is 2.48. The largest absolute Gasteiger partial charge is 0.353 e. The average Bonchev–Trinajstić information content (AvgIpc) is 2.39. The van der Waals surface area contributed by atoms with Crippen molar-refractivity contribution in [2.45, 2.75) is 56.3 Å². The lowest BCUT2D eigenvalue weighted by atomic mass is 10.2. The van der Waals surface area contributed by atoms with E-state index in [0.29, 0.717) is 6.54 Å². The van der Waals surface area contributed by atoms with Crippen molar-refractivity contribution in [2.75, 3.05) is 0 Å². The Hall–Kier alpha value is -1.00. The minimum atomic E-state index is -0.0805. The van der Waals surface area contributed by atoms with Crippen LogP contribution in [0.25, 0.3) is 0 Å². The van der Waals surface area contributed by atoms with Gasteiger partial charge in [-0.05, 0) is 38.0 Å². The predicted octanol–water partition coefficient (Wildman–Crippen LogP) is 2.93. The fourth-order valence-corrected chi connectivity index (χ4v) is 2.70. The topological polar surface area (TPSA) is 55.1 Å². The van der Waals surface area contributed by atoms with Gasteiger partial charge in [-0.15, -0.1) is 11.8 Å². The molecule has 0 aromatic heterocycles. The molecule has 0 bridgehead atoms. The highest BCUT2D eigenvalue weighted by Gasteiger charge is 2.15. The van der Waals surface area contributed by atoms with E-state index in [2.05, 4.69) is 19.2 Å². The molecule has 2 atom stereocenters. The molecule has 0 heterocycles. The maximum Gasteiger partial charge on any atom is 0.233 e. The molecule has 0 fully saturated rings. The zero-order chi connectivity index (χ0) is 14.3. The minimum Gasteiger partial charge on any atom is -0.353 e. The number of hydrogen-bond donors (Lipinski definition) is 2. The number of nitrogens with one attached hydrogen (secondary N) is 1. The molecule has 1 rings (SSSR count). The molecule has 19 heavy (non-hydrogen) atoms. The smallest absolute Gasteiger partial charge is 0.233 e. The average molecular weight is 280 g/mol. The SMILES string of the molecule is CCCC(C)NC(=O)C(C)Sc1ccc(CN)cc1. The van der Waals surface area contributed by atoms with Gasteiger partial charge in [0.05, 0.1) is 5.25 Å². The van der Waals surface area contributed by atoms with E-state index in [9.17, 15) is 4.79 Å². The molecular weight excluding hydrogens is 256 g/mol. The molecule has 4 heteroatoms. The van der Waals surface area contributed by atoms with Gasteiger partial charge < -0.3 is 11.1 Å². The Morgan fingerprint density at radius 3 is 2.47 bits per heavy atom. The summed E-state index contributed by atoms with van der Waals surface area (Å²) in [4.78, 5) is 13.1. The number of benzene rings is 1. The Kier molecular flexibility index (Phi) is 6.95. The summed E-state index contributed by atoms with van der Waals surface area (Å²) in [5.74, 6) is 0.105. The predicted molar refractivity (Wildman–Crippen MR) is 82.2 cm³/mol. The molecule has 2 unspecified atom stereocenters. The summed E-state index contributed by atoms with van der Waals surface area (Å²) >= 11 is 1.58.